The second-order valence-electron chi connectivity index (χ2n) is 4.05. The Hall–Kier alpha value is -0.650. The van der Waals surface area contributed by atoms with Crippen LogP contribution in [0.15, 0.2) is 0 Å². The predicted octanol–water partition coefficient (Wildman–Crippen LogP) is 0.230. The standard InChI is InChI=1S/C9H19NO4/c1-8(2,3)14-10-9(4,6-11)7(12)13-5/h10-11H,6H2,1-5H3/t9-/m0/s1/i4D. The lowest BCUT2D eigenvalue weighted by Gasteiger charge is -2.29. The smallest absolute Gasteiger partial charge is 0.330 e. The summed E-state index contributed by atoms with van der Waals surface area (Å²) in [6, 6.07) is 0. The van der Waals surface area contributed by atoms with E-state index in [0.29, 0.717) is 0 Å². The number of aliphatic hydroxyl groups is 1. The highest BCUT2D eigenvalue weighted by Crippen LogP contribution is 2.10. The molecule has 84 valence electrons. The van der Waals surface area contributed by atoms with Crippen LogP contribution in [0, 0.1) is 0 Å². The van der Waals surface area contributed by atoms with Gasteiger partial charge in [-0.2, -0.15) is 5.48 Å². The topological polar surface area (TPSA) is 67.8 Å². The average molecular weight is 206 g/mol. The largest absolute Gasteiger partial charge is 0.468 e. The van der Waals surface area contributed by atoms with Gasteiger partial charge in [0.2, 0.25) is 0 Å². The van der Waals surface area contributed by atoms with Crippen LogP contribution in [0.1, 0.15) is 29.0 Å². The lowest BCUT2D eigenvalue weighted by atomic mass is 10.1. The Kier molecular flexibility index (Phi) is 3.86. The summed E-state index contributed by atoms with van der Waals surface area (Å²) in [5.74, 6) is -0.718. The molecule has 0 saturated carbocycles. The van der Waals surface area contributed by atoms with Gasteiger partial charge in [0.05, 0.1) is 19.3 Å². The van der Waals surface area contributed by atoms with Crippen molar-refractivity contribution in [3.8, 4) is 0 Å². The normalized spacial score (nSPS) is 17.1. The lowest BCUT2D eigenvalue weighted by molar-refractivity contribution is -0.168. The van der Waals surface area contributed by atoms with Crippen LogP contribution in [-0.2, 0) is 14.4 Å². The number of hydrogen-bond donors (Lipinski definition) is 2. The molecule has 0 aromatic heterocycles. The Morgan fingerprint density at radius 1 is 1.57 bits per heavy atom. The van der Waals surface area contributed by atoms with Gasteiger partial charge in [-0.05, 0) is 27.7 Å². The molecule has 0 aliphatic heterocycles. The molecule has 0 aromatic carbocycles. The fourth-order valence-corrected chi connectivity index (χ4v) is 0.585. The molecule has 0 unspecified atom stereocenters. The van der Waals surface area contributed by atoms with Crippen molar-refractivity contribution in [2.24, 2.45) is 0 Å². The van der Waals surface area contributed by atoms with Gasteiger partial charge in [-0.15, -0.1) is 0 Å². The van der Waals surface area contributed by atoms with Gasteiger partial charge in [0.15, 0.2) is 5.54 Å². The predicted molar refractivity (Wildman–Crippen MR) is 51.5 cm³/mol. The molecule has 0 fully saturated rings. The monoisotopic (exact) mass is 206 g/mol. The number of hydrogen-bond acceptors (Lipinski definition) is 5. The number of aliphatic hydroxyl groups excluding tert-OH is 1. The van der Waals surface area contributed by atoms with Crippen LogP contribution in [0.25, 0.3) is 0 Å². The first-order valence-electron chi connectivity index (χ1n) is 4.96. The number of carbonyl (C=O) groups excluding carboxylic acids is 1. The van der Waals surface area contributed by atoms with Gasteiger partial charge in [-0.3, -0.25) is 4.84 Å². The van der Waals surface area contributed by atoms with E-state index in [1.54, 1.807) is 20.8 Å². The first kappa shape index (κ1) is 11.4. The molecule has 0 saturated heterocycles. The molecule has 0 spiro atoms. The van der Waals surface area contributed by atoms with Crippen molar-refractivity contribution in [2.75, 3.05) is 13.7 Å². The van der Waals surface area contributed by atoms with Crippen molar-refractivity contribution in [1.82, 2.24) is 5.48 Å². The Morgan fingerprint density at radius 2 is 2.14 bits per heavy atom. The maximum absolute atomic E-state index is 11.4. The minimum atomic E-state index is -1.51. The Morgan fingerprint density at radius 3 is 2.43 bits per heavy atom. The zero-order chi connectivity index (χ0) is 12.1. The highest BCUT2D eigenvalue weighted by atomic mass is 16.7. The molecule has 0 radical (unpaired) electrons. The Labute approximate surface area is 85.8 Å². The molecule has 5 nitrogen and oxygen atoms in total. The Bertz CT molecular complexity index is 211. The van der Waals surface area contributed by atoms with E-state index >= 15 is 0 Å². The highest BCUT2D eigenvalue weighted by molar-refractivity contribution is 5.80. The van der Waals surface area contributed by atoms with E-state index in [0.717, 1.165) is 0 Å². The van der Waals surface area contributed by atoms with E-state index in [9.17, 15) is 4.79 Å². The second-order valence-corrected chi connectivity index (χ2v) is 4.05. The molecular formula is C9H19NO4. The third kappa shape index (κ3) is 4.04. The molecule has 0 amide bonds. The number of esters is 1. The van der Waals surface area contributed by atoms with E-state index in [-0.39, 0.29) is 6.90 Å². The molecular weight excluding hydrogens is 186 g/mol. The summed E-state index contributed by atoms with van der Waals surface area (Å²) in [5.41, 5.74) is 0.375. The SMILES string of the molecule is [2H]C[C@@](CO)(NOC(C)(C)C)C(=O)OC. The number of ether oxygens (including phenoxy) is 1. The van der Waals surface area contributed by atoms with Gasteiger partial charge in [-0.25, -0.2) is 4.79 Å². The number of nitrogens with one attached hydrogen (secondary N) is 1. The summed E-state index contributed by atoms with van der Waals surface area (Å²) in [6.45, 7) is 4.42. The molecule has 0 aliphatic carbocycles. The van der Waals surface area contributed by atoms with Gasteiger partial charge in [0.25, 0.3) is 0 Å². The average Bonchev–Trinajstić information content (AvgIpc) is 2.18. The maximum Gasteiger partial charge on any atom is 0.330 e. The van der Waals surface area contributed by atoms with Gasteiger partial charge in [0, 0.05) is 1.37 Å². The third-order valence-electron chi connectivity index (χ3n) is 1.40. The highest BCUT2D eigenvalue weighted by Gasteiger charge is 2.35. The quantitative estimate of drug-likeness (QED) is 0.509. The van der Waals surface area contributed by atoms with Crippen LogP contribution in [-0.4, -0.2) is 35.9 Å². The molecule has 0 heterocycles. The van der Waals surface area contributed by atoms with Crippen LogP contribution >= 0.6 is 0 Å². The van der Waals surface area contributed by atoms with Crippen molar-refractivity contribution < 1.29 is 20.8 Å². The third-order valence-corrected chi connectivity index (χ3v) is 1.40. The van der Waals surface area contributed by atoms with Gasteiger partial charge in [0.1, 0.15) is 0 Å². The summed E-state index contributed by atoms with van der Waals surface area (Å²) in [5, 5.41) is 9.11. The first-order valence-corrected chi connectivity index (χ1v) is 4.25. The fraction of sp³-hybridized carbons (Fsp3) is 0.889. The second kappa shape index (κ2) is 4.72. The molecule has 0 aromatic rings. The van der Waals surface area contributed by atoms with Crippen LogP contribution in [0.5, 0.6) is 0 Å². The summed E-state index contributed by atoms with van der Waals surface area (Å²) in [7, 11) is 1.20. The minimum absolute atomic E-state index is 0.369. The number of hydroxylamine groups is 1. The summed E-state index contributed by atoms with van der Waals surface area (Å²) in [6.07, 6.45) is 0. The van der Waals surface area contributed by atoms with Crippen molar-refractivity contribution in [2.45, 2.75) is 38.8 Å². The summed E-state index contributed by atoms with van der Waals surface area (Å²) in [4.78, 5) is 16.5. The number of rotatable bonds is 4. The van der Waals surface area contributed by atoms with Crippen molar-refractivity contribution in [1.29, 1.82) is 0 Å². The van der Waals surface area contributed by atoms with E-state index in [4.69, 9.17) is 11.3 Å². The van der Waals surface area contributed by atoms with Gasteiger partial charge < -0.3 is 9.84 Å². The molecule has 14 heavy (non-hydrogen) atoms. The lowest BCUT2D eigenvalue weighted by Crippen LogP contribution is -2.55. The summed E-state index contributed by atoms with van der Waals surface area (Å²) >= 11 is 0. The maximum atomic E-state index is 11.4. The van der Waals surface area contributed by atoms with Crippen LogP contribution < -0.4 is 5.48 Å². The fourth-order valence-electron chi connectivity index (χ4n) is 0.585. The van der Waals surface area contributed by atoms with Crippen molar-refractivity contribution in [3.63, 3.8) is 0 Å². The minimum Gasteiger partial charge on any atom is -0.468 e. The van der Waals surface area contributed by atoms with Crippen molar-refractivity contribution in [3.05, 3.63) is 0 Å². The number of methoxy groups -OCH3 is 1. The molecule has 0 bridgehead atoms. The van der Waals surface area contributed by atoms with E-state index in [1.165, 1.54) is 7.11 Å². The van der Waals surface area contributed by atoms with E-state index in [2.05, 4.69) is 10.2 Å². The van der Waals surface area contributed by atoms with Crippen LogP contribution in [0.3, 0.4) is 0 Å². The molecule has 2 N–H and O–H groups in total. The van der Waals surface area contributed by atoms with Gasteiger partial charge >= 0.3 is 5.97 Å². The summed E-state index contributed by atoms with van der Waals surface area (Å²) < 4.78 is 11.7. The molecule has 1 atom stereocenters. The van der Waals surface area contributed by atoms with E-state index < -0.39 is 23.7 Å². The molecule has 0 aliphatic rings. The first-order chi connectivity index (χ1) is 6.81. The van der Waals surface area contributed by atoms with Crippen molar-refractivity contribution >= 4 is 5.97 Å². The number of carbonyl (C=O) groups is 1. The molecule has 5 heteroatoms. The van der Waals surface area contributed by atoms with Crippen LogP contribution in [0.2, 0.25) is 0 Å². The van der Waals surface area contributed by atoms with Gasteiger partial charge in [-0.1, -0.05) is 0 Å². The Balaban J connectivity index is 4.58. The zero-order valence-corrected chi connectivity index (χ0v) is 9.09. The van der Waals surface area contributed by atoms with E-state index in [1.807, 2.05) is 0 Å². The zero-order valence-electron chi connectivity index (χ0n) is 10.1. The molecule has 0 rings (SSSR count). The van der Waals surface area contributed by atoms with Crippen LogP contribution in [0.4, 0.5) is 0 Å².